The van der Waals surface area contributed by atoms with Crippen LogP contribution >= 0.6 is 0 Å². The van der Waals surface area contributed by atoms with Crippen molar-refractivity contribution in [1.29, 1.82) is 0 Å². The molecule has 0 aliphatic rings. The van der Waals surface area contributed by atoms with Crippen molar-refractivity contribution in [1.82, 2.24) is 9.97 Å². The second-order valence-corrected chi connectivity index (χ2v) is 5.76. The molecule has 0 aliphatic carbocycles. The fourth-order valence-electron chi connectivity index (χ4n) is 2.57. The highest BCUT2D eigenvalue weighted by Crippen LogP contribution is 2.33. The minimum atomic E-state index is -0.196. The zero-order valence-electron chi connectivity index (χ0n) is 14.6. The van der Waals surface area contributed by atoms with Crippen LogP contribution in [0.3, 0.4) is 0 Å². The Morgan fingerprint density at radius 2 is 1.79 bits per heavy atom. The van der Waals surface area contributed by atoms with Gasteiger partial charge in [0.1, 0.15) is 5.82 Å². The van der Waals surface area contributed by atoms with Gasteiger partial charge in [0.05, 0.1) is 25.9 Å². The number of aromatic nitrogens is 2. The van der Waals surface area contributed by atoms with Gasteiger partial charge < -0.3 is 26.3 Å². The van der Waals surface area contributed by atoms with Crippen LogP contribution in [0.15, 0.2) is 12.1 Å². The number of rotatable bonds is 9. The molecule has 7 heteroatoms. The summed E-state index contributed by atoms with van der Waals surface area (Å²) >= 11 is 0. The monoisotopic (exact) mass is 333 g/mol. The van der Waals surface area contributed by atoms with Crippen LogP contribution in [0.2, 0.25) is 0 Å². The maximum atomic E-state index is 6.11. The third-order valence-corrected chi connectivity index (χ3v) is 3.91. The van der Waals surface area contributed by atoms with Crippen molar-refractivity contribution in [2.24, 2.45) is 5.73 Å². The zero-order valence-corrected chi connectivity index (χ0v) is 14.6. The van der Waals surface area contributed by atoms with Crippen LogP contribution in [0.1, 0.15) is 39.0 Å². The Bertz CT molecular complexity index is 678. The van der Waals surface area contributed by atoms with Crippen LogP contribution in [0, 0.1) is 0 Å². The fourth-order valence-corrected chi connectivity index (χ4v) is 2.57. The van der Waals surface area contributed by atoms with Crippen molar-refractivity contribution < 1.29 is 9.47 Å². The molecular weight excluding hydrogens is 306 g/mol. The molecule has 1 atom stereocenters. The molecule has 0 saturated heterocycles. The van der Waals surface area contributed by atoms with Gasteiger partial charge in [0, 0.05) is 11.5 Å². The lowest BCUT2D eigenvalue weighted by atomic mass is 10.1. The molecule has 5 N–H and O–H groups in total. The van der Waals surface area contributed by atoms with Gasteiger partial charge in [-0.25, -0.2) is 4.98 Å². The Morgan fingerprint density at radius 1 is 1.08 bits per heavy atom. The number of nitrogen functional groups attached to an aromatic ring is 1. The van der Waals surface area contributed by atoms with Gasteiger partial charge >= 0.3 is 0 Å². The van der Waals surface area contributed by atoms with Crippen molar-refractivity contribution in [3.63, 3.8) is 0 Å². The molecule has 1 unspecified atom stereocenters. The van der Waals surface area contributed by atoms with Crippen LogP contribution in [0.5, 0.6) is 11.5 Å². The number of hydrogen-bond acceptors (Lipinski definition) is 7. The van der Waals surface area contributed by atoms with Crippen LogP contribution in [-0.2, 0) is 0 Å². The van der Waals surface area contributed by atoms with E-state index in [4.69, 9.17) is 20.9 Å². The lowest BCUT2D eigenvalue weighted by Crippen LogP contribution is -2.30. The molecule has 2 aromatic rings. The molecule has 0 aliphatic heterocycles. The minimum Gasteiger partial charge on any atom is -0.493 e. The van der Waals surface area contributed by atoms with Crippen molar-refractivity contribution in [3.8, 4) is 11.5 Å². The van der Waals surface area contributed by atoms with E-state index in [-0.39, 0.29) is 6.17 Å². The summed E-state index contributed by atoms with van der Waals surface area (Å²) in [7, 11) is 3.16. The molecule has 0 saturated carbocycles. The zero-order chi connectivity index (χ0) is 17.5. The average Bonchev–Trinajstić information content (AvgIpc) is 2.57. The maximum absolute atomic E-state index is 6.11. The first kappa shape index (κ1) is 18.1. The Balaban J connectivity index is 2.17. The molecular formula is C17H27N5O2. The van der Waals surface area contributed by atoms with Gasteiger partial charge in [0.15, 0.2) is 11.5 Å². The molecule has 7 nitrogen and oxygen atoms in total. The van der Waals surface area contributed by atoms with Crippen LogP contribution in [-0.4, -0.2) is 30.4 Å². The normalized spacial score (nSPS) is 12.2. The summed E-state index contributed by atoms with van der Waals surface area (Å²) in [5, 5.41) is 3.84. The minimum absolute atomic E-state index is 0.196. The first-order valence-corrected chi connectivity index (χ1v) is 8.30. The highest BCUT2D eigenvalue weighted by Gasteiger charge is 2.12. The lowest BCUT2D eigenvalue weighted by Gasteiger charge is -2.15. The third-order valence-electron chi connectivity index (χ3n) is 3.91. The first-order chi connectivity index (χ1) is 11.6. The number of anilines is 2. The van der Waals surface area contributed by atoms with E-state index in [0.29, 0.717) is 28.8 Å². The number of nitrogens with zero attached hydrogens (tertiary/aromatic N) is 2. The number of nitrogens with two attached hydrogens (primary N) is 2. The van der Waals surface area contributed by atoms with Crippen molar-refractivity contribution in [2.75, 3.05) is 25.3 Å². The average molecular weight is 333 g/mol. The predicted molar refractivity (Wildman–Crippen MR) is 97.4 cm³/mol. The Labute approximate surface area is 142 Å². The van der Waals surface area contributed by atoms with E-state index in [1.54, 1.807) is 26.4 Å². The molecule has 24 heavy (non-hydrogen) atoms. The highest BCUT2D eigenvalue weighted by atomic mass is 16.5. The third kappa shape index (κ3) is 4.38. The van der Waals surface area contributed by atoms with Crippen molar-refractivity contribution in [3.05, 3.63) is 12.1 Å². The lowest BCUT2D eigenvalue weighted by molar-refractivity contribution is 0.356. The van der Waals surface area contributed by atoms with Crippen LogP contribution in [0.4, 0.5) is 11.8 Å². The molecule has 0 fully saturated rings. The number of hydrogen-bond donors (Lipinski definition) is 3. The van der Waals surface area contributed by atoms with E-state index in [1.165, 1.54) is 19.3 Å². The number of benzene rings is 1. The molecule has 1 aromatic carbocycles. The molecule has 0 bridgehead atoms. The molecule has 132 valence electrons. The Morgan fingerprint density at radius 3 is 2.46 bits per heavy atom. The van der Waals surface area contributed by atoms with Crippen LogP contribution in [0.25, 0.3) is 10.9 Å². The number of nitrogens with one attached hydrogen (secondary N) is 1. The Kier molecular flexibility index (Phi) is 6.43. The van der Waals surface area contributed by atoms with E-state index in [1.807, 2.05) is 0 Å². The fraction of sp³-hybridized carbons (Fsp3) is 0.529. The highest BCUT2D eigenvalue weighted by molar-refractivity contribution is 5.91. The van der Waals surface area contributed by atoms with Gasteiger partial charge in [-0.2, -0.15) is 4.98 Å². The molecule has 0 spiro atoms. The van der Waals surface area contributed by atoms with E-state index in [0.717, 1.165) is 18.2 Å². The van der Waals surface area contributed by atoms with Crippen LogP contribution < -0.4 is 26.3 Å². The van der Waals surface area contributed by atoms with Gasteiger partial charge in [-0.1, -0.05) is 32.6 Å². The molecule has 0 radical (unpaired) electrons. The second-order valence-electron chi connectivity index (χ2n) is 5.76. The summed E-state index contributed by atoms with van der Waals surface area (Å²) in [6, 6.07) is 3.56. The Hall–Kier alpha value is -2.28. The van der Waals surface area contributed by atoms with E-state index in [2.05, 4.69) is 22.2 Å². The molecule has 0 amide bonds. The molecule has 1 aromatic heterocycles. The summed E-state index contributed by atoms with van der Waals surface area (Å²) in [5.74, 6) is 1.99. The van der Waals surface area contributed by atoms with Crippen molar-refractivity contribution in [2.45, 2.75) is 45.2 Å². The maximum Gasteiger partial charge on any atom is 0.226 e. The number of ether oxygens (including phenoxy) is 2. The standard InChI is InChI=1S/C17H27N5O2/c1-4-5-6-7-8-15(18)21-17-20-12-10-14(24-3)13(23-2)9-11(12)16(19)22-17/h9-10,15H,4-8,18H2,1-3H3,(H3,19,20,21,22). The topological polar surface area (TPSA) is 108 Å². The number of fused-ring (bicyclic) bond motifs is 1. The number of methoxy groups -OCH3 is 2. The predicted octanol–water partition coefficient (Wildman–Crippen LogP) is 2.90. The molecule has 2 rings (SSSR count). The summed E-state index contributed by atoms with van der Waals surface area (Å²) in [6.07, 6.45) is 5.37. The van der Waals surface area contributed by atoms with Gasteiger partial charge in [0.25, 0.3) is 0 Å². The van der Waals surface area contributed by atoms with E-state index < -0.39 is 0 Å². The van der Waals surface area contributed by atoms with Crippen molar-refractivity contribution >= 4 is 22.7 Å². The van der Waals surface area contributed by atoms with Gasteiger partial charge in [-0.05, 0) is 12.5 Å². The quantitative estimate of drug-likeness (QED) is 0.478. The smallest absolute Gasteiger partial charge is 0.226 e. The second kappa shape index (κ2) is 8.54. The van der Waals surface area contributed by atoms with E-state index >= 15 is 0 Å². The summed E-state index contributed by atoms with van der Waals surface area (Å²) in [4.78, 5) is 8.78. The van der Waals surface area contributed by atoms with Gasteiger partial charge in [0.2, 0.25) is 5.95 Å². The number of unbranched alkanes of at least 4 members (excludes halogenated alkanes) is 3. The first-order valence-electron chi connectivity index (χ1n) is 8.30. The molecule has 1 heterocycles. The summed E-state index contributed by atoms with van der Waals surface area (Å²) < 4.78 is 10.6. The largest absolute Gasteiger partial charge is 0.493 e. The SMILES string of the molecule is CCCCCCC(N)Nc1nc(N)c2cc(OC)c(OC)cc2n1. The summed E-state index contributed by atoms with van der Waals surface area (Å²) in [6.45, 7) is 2.19. The van der Waals surface area contributed by atoms with Gasteiger partial charge in [-0.15, -0.1) is 0 Å². The summed E-state index contributed by atoms with van der Waals surface area (Å²) in [5.41, 5.74) is 12.8. The van der Waals surface area contributed by atoms with Gasteiger partial charge in [-0.3, -0.25) is 0 Å². The van der Waals surface area contributed by atoms with E-state index in [9.17, 15) is 0 Å².